The van der Waals surface area contributed by atoms with E-state index in [4.69, 9.17) is 12.2 Å². The molecule has 1 aliphatic rings. The van der Waals surface area contributed by atoms with Crippen LogP contribution in [0.1, 0.15) is 35.5 Å². The van der Waals surface area contributed by atoms with Gasteiger partial charge in [0.15, 0.2) is 5.11 Å². The van der Waals surface area contributed by atoms with Gasteiger partial charge < -0.3 is 19.9 Å². The lowest BCUT2D eigenvalue weighted by atomic mass is 10.0. The first kappa shape index (κ1) is 18.7. The van der Waals surface area contributed by atoms with Gasteiger partial charge >= 0.3 is 0 Å². The van der Waals surface area contributed by atoms with E-state index in [1.165, 1.54) is 5.56 Å². The summed E-state index contributed by atoms with van der Waals surface area (Å²) in [5, 5.41) is 13.5. The average molecular weight is 393 g/mol. The standard InChI is InChI=1S/C22H24N4OS/c1-16-7-4-8-17(15-16)25-12-5-10-19(25)21-20(18-9-2-3-11-23-18)24-22(28)26(21)13-6-14-27/h2-5,7-12,15,20-21,27H,6,13-14H2,1H3,(H,24,28)/t20-,21+/m0/s1. The van der Waals surface area contributed by atoms with Crippen molar-refractivity contribution in [2.75, 3.05) is 13.2 Å². The molecule has 3 aromatic rings. The SMILES string of the molecule is Cc1cccc(-n2cccc2[C@@H]2[C@H](c3ccccn3)NC(=S)N2CCCO)c1. The fourth-order valence-electron chi connectivity index (χ4n) is 3.86. The van der Waals surface area contributed by atoms with Gasteiger partial charge in [-0.05, 0) is 67.5 Å². The van der Waals surface area contributed by atoms with E-state index in [1.54, 1.807) is 0 Å². The zero-order valence-corrected chi connectivity index (χ0v) is 16.6. The van der Waals surface area contributed by atoms with E-state index in [0.717, 1.165) is 17.1 Å². The maximum absolute atomic E-state index is 9.37. The Labute approximate surface area is 170 Å². The molecule has 4 rings (SSSR count). The minimum Gasteiger partial charge on any atom is -0.396 e. The predicted octanol–water partition coefficient (Wildman–Crippen LogP) is 3.54. The molecule has 0 radical (unpaired) electrons. The topological polar surface area (TPSA) is 53.3 Å². The Kier molecular flexibility index (Phi) is 5.41. The van der Waals surface area contributed by atoms with Crippen molar-refractivity contribution in [2.24, 2.45) is 0 Å². The molecule has 144 valence electrons. The van der Waals surface area contributed by atoms with Crippen LogP contribution in [0.3, 0.4) is 0 Å². The lowest BCUT2D eigenvalue weighted by Crippen LogP contribution is -2.31. The van der Waals surface area contributed by atoms with Gasteiger partial charge in [0, 0.05) is 36.9 Å². The molecule has 2 N–H and O–H groups in total. The van der Waals surface area contributed by atoms with Crippen LogP contribution < -0.4 is 5.32 Å². The highest BCUT2D eigenvalue weighted by Gasteiger charge is 2.40. The fourth-order valence-corrected chi connectivity index (χ4v) is 4.19. The van der Waals surface area contributed by atoms with Crippen molar-refractivity contribution in [3.05, 3.63) is 83.9 Å². The lowest BCUT2D eigenvalue weighted by molar-refractivity contribution is 0.245. The molecule has 0 saturated carbocycles. The normalized spacial score (nSPS) is 19.1. The molecule has 0 bridgehead atoms. The van der Waals surface area contributed by atoms with Crippen LogP contribution in [0.4, 0.5) is 0 Å². The number of pyridine rings is 1. The summed E-state index contributed by atoms with van der Waals surface area (Å²) in [5.74, 6) is 0. The molecule has 1 aliphatic heterocycles. The third kappa shape index (κ3) is 3.53. The van der Waals surface area contributed by atoms with Crippen molar-refractivity contribution in [1.82, 2.24) is 19.8 Å². The second-order valence-electron chi connectivity index (χ2n) is 7.04. The number of aromatic nitrogens is 2. The summed E-state index contributed by atoms with van der Waals surface area (Å²) in [4.78, 5) is 6.75. The third-order valence-corrected chi connectivity index (χ3v) is 5.47. The fraction of sp³-hybridized carbons (Fsp3) is 0.273. The summed E-state index contributed by atoms with van der Waals surface area (Å²) >= 11 is 5.66. The zero-order chi connectivity index (χ0) is 19.5. The molecule has 1 fully saturated rings. The van der Waals surface area contributed by atoms with Gasteiger partial charge in [-0.15, -0.1) is 0 Å². The number of hydrogen-bond acceptors (Lipinski definition) is 3. The molecule has 1 saturated heterocycles. The number of benzene rings is 1. The lowest BCUT2D eigenvalue weighted by Gasteiger charge is -2.28. The highest BCUT2D eigenvalue weighted by atomic mass is 32.1. The molecular formula is C22H24N4OS. The molecule has 5 nitrogen and oxygen atoms in total. The zero-order valence-electron chi connectivity index (χ0n) is 15.8. The van der Waals surface area contributed by atoms with Crippen molar-refractivity contribution in [3.63, 3.8) is 0 Å². The van der Waals surface area contributed by atoms with Crippen molar-refractivity contribution in [1.29, 1.82) is 0 Å². The smallest absolute Gasteiger partial charge is 0.170 e. The van der Waals surface area contributed by atoms with Crippen LogP contribution in [0.25, 0.3) is 5.69 Å². The van der Waals surface area contributed by atoms with Crippen LogP contribution >= 0.6 is 12.2 Å². The Hall–Kier alpha value is -2.70. The highest BCUT2D eigenvalue weighted by Crippen LogP contribution is 2.39. The molecule has 6 heteroatoms. The summed E-state index contributed by atoms with van der Waals surface area (Å²) in [6.07, 6.45) is 4.57. The average Bonchev–Trinajstić information content (AvgIpc) is 3.31. The van der Waals surface area contributed by atoms with E-state index in [2.05, 4.69) is 69.3 Å². The Bertz CT molecular complexity index is 956. The largest absolute Gasteiger partial charge is 0.396 e. The first-order valence-corrected chi connectivity index (χ1v) is 9.93. The second kappa shape index (κ2) is 8.12. The molecule has 3 heterocycles. The van der Waals surface area contributed by atoms with Crippen molar-refractivity contribution >= 4 is 17.3 Å². The molecule has 0 unspecified atom stereocenters. The van der Waals surface area contributed by atoms with Crippen LogP contribution in [0.5, 0.6) is 0 Å². The second-order valence-corrected chi connectivity index (χ2v) is 7.43. The van der Waals surface area contributed by atoms with E-state index >= 15 is 0 Å². The minimum absolute atomic E-state index is 0.00976. The van der Waals surface area contributed by atoms with E-state index in [-0.39, 0.29) is 18.7 Å². The molecule has 0 amide bonds. The molecule has 0 aliphatic carbocycles. The number of nitrogens with one attached hydrogen (secondary N) is 1. The van der Waals surface area contributed by atoms with Crippen LogP contribution in [-0.4, -0.2) is 37.8 Å². The van der Waals surface area contributed by atoms with Gasteiger partial charge in [-0.3, -0.25) is 4.98 Å². The van der Waals surface area contributed by atoms with Crippen molar-refractivity contribution in [2.45, 2.75) is 25.4 Å². The van der Waals surface area contributed by atoms with Crippen LogP contribution in [0.2, 0.25) is 0 Å². The van der Waals surface area contributed by atoms with Gasteiger partial charge in [0.05, 0.1) is 17.8 Å². The van der Waals surface area contributed by atoms with E-state index in [9.17, 15) is 5.11 Å². The van der Waals surface area contributed by atoms with Gasteiger partial charge in [0.2, 0.25) is 0 Å². The Balaban J connectivity index is 1.79. The van der Waals surface area contributed by atoms with Crippen LogP contribution in [-0.2, 0) is 0 Å². The Morgan fingerprint density at radius 3 is 2.79 bits per heavy atom. The molecule has 0 spiro atoms. The van der Waals surface area contributed by atoms with Gasteiger partial charge in [-0.25, -0.2) is 0 Å². The van der Waals surface area contributed by atoms with Gasteiger partial charge in [-0.1, -0.05) is 18.2 Å². The first-order chi connectivity index (χ1) is 13.7. The maximum atomic E-state index is 9.37. The summed E-state index contributed by atoms with van der Waals surface area (Å²) in [6.45, 7) is 2.93. The molecule has 28 heavy (non-hydrogen) atoms. The number of thiocarbonyl (C=S) groups is 1. The van der Waals surface area contributed by atoms with E-state index in [1.807, 2.05) is 24.4 Å². The number of hydrogen-bond donors (Lipinski definition) is 2. The summed E-state index contributed by atoms with van der Waals surface area (Å²) in [7, 11) is 0. The van der Waals surface area contributed by atoms with Crippen LogP contribution in [0, 0.1) is 6.92 Å². The number of nitrogens with zero attached hydrogens (tertiary/aromatic N) is 3. The number of rotatable bonds is 6. The van der Waals surface area contributed by atoms with Crippen molar-refractivity contribution in [3.8, 4) is 5.69 Å². The summed E-state index contributed by atoms with van der Waals surface area (Å²) in [5.41, 5.74) is 4.44. The first-order valence-electron chi connectivity index (χ1n) is 9.52. The Morgan fingerprint density at radius 2 is 2.04 bits per heavy atom. The number of aliphatic hydroxyl groups excluding tert-OH is 1. The number of aryl methyl sites for hydroxylation is 1. The highest BCUT2D eigenvalue weighted by molar-refractivity contribution is 7.80. The minimum atomic E-state index is -0.0501. The monoisotopic (exact) mass is 392 g/mol. The van der Waals surface area contributed by atoms with Crippen LogP contribution in [0.15, 0.2) is 67.0 Å². The summed E-state index contributed by atoms with van der Waals surface area (Å²) < 4.78 is 2.22. The predicted molar refractivity (Wildman–Crippen MR) is 114 cm³/mol. The van der Waals surface area contributed by atoms with Gasteiger partial charge in [0.1, 0.15) is 0 Å². The summed E-state index contributed by atoms with van der Waals surface area (Å²) in [6, 6.07) is 18.6. The molecule has 2 atom stereocenters. The van der Waals surface area contributed by atoms with E-state index < -0.39 is 0 Å². The quantitative estimate of drug-likeness (QED) is 0.629. The molecular weight excluding hydrogens is 368 g/mol. The molecule has 2 aromatic heterocycles. The molecule has 1 aromatic carbocycles. The maximum Gasteiger partial charge on any atom is 0.170 e. The van der Waals surface area contributed by atoms with Gasteiger partial charge in [0.25, 0.3) is 0 Å². The van der Waals surface area contributed by atoms with E-state index in [0.29, 0.717) is 18.1 Å². The van der Waals surface area contributed by atoms with Crippen molar-refractivity contribution < 1.29 is 5.11 Å². The van der Waals surface area contributed by atoms with Gasteiger partial charge in [-0.2, -0.15) is 0 Å². The third-order valence-electron chi connectivity index (χ3n) is 5.12. The Morgan fingerprint density at radius 1 is 1.14 bits per heavy atom. The number of aliphatic hydroxyl groups is 1.